The van der Waals surface area contributed by atoms with Gasteiger partial charge in [0.15, 0.2) is 0 Å². The summed E-state index contributed by atoms with van der Waals surface area (Å²) >= 11 is 0. The lowest BCUT2D eigenvalue weighted by Crippen LogP contribution is -2.41. The smallest absolute Gasteiger partial charge is 0.309 e. The van der Waals surface area contributed by atoms with Crippen molar-refractivity contribution < 1.29 is 9.59 Å². The van der Waals surface area contributed by atoms with E-state index in [1.54, 1.807) is 6.20 Å². The molecule has 144 valence electrons. The highest BCUT2D eigenvalue weighted by Gasteiger charge is 2.16. The van der Waals surface area contributed by atoms with E-state index in [1.807, 2.05) is 78.4 Å². The van der Waals surface area contributed by atoms with Crippen molar-refractivity contribution in [3.05, 3.63) is 78.6 Å². The Balaban J connectivity index is 1.44. The molecule has 1 aromatic heterocycles. The monoisotopic (exact) mass is 376 g/mol. The molecule has 0 radical (unpaired) electrons. The molecule has 0 aliphatic heterocycles. The molecule has 1 heterocycles. The Morgan fingerprint density at radius 1 is 1.00 bits per heavy atom. The summed E-state index contributed by atoms with van der Waals surface area (Å²) in [6.45, 7) is 2.97. The molecular weight excluding hydrogens is 352 g/mol. The molecule has 0 fully saturated rings. The van der Waals surface area contributed by atoms with Gasteiger partial charge in [0.05, 0.1) is 6.04 Å². The third kappa shape index (κ3) is 5.07. The summed E-state index contributed by atoms with van der Waals surface area (Å²) in [5.41, 5.74) is 2.00. The number of nitrogens with zero attached hydrogens (tertiary/aromatic N) is 2. The molecule has 6 nitrogen and oxygen atoms in total. The van der Waals surface area contributed by atoms with Crippen molar-refractivity contribution in [2.45, 2.75) is 25.9 Å². The quantitative estimate of drug-likeness (QED) is 0.492. The average molecular weight is 376 g/mol. The molecule has 1 atom stereocenters. The zero-order valence-electron chi connectivity index (χ0n) is 15.8. The maximum Gasteiger partial charge on any atom is 0.309 e. The van der Waals surface area contributed by atoms with Crippen molar-refractivity contribution >= 4 is 11.8 Å². The lowest BCUT2D eigenvalue weighted by molar-refractivity contribution is -0.139. The summed E-state index contributed by atoms with van der Waals surface area (Å²) < 4.78 is 2.04. The molecule has 0 bridgehead atoms. The number of imidazole rings is 1. The second kappa shape index (κ2) is 9.50. The van der Waals surface area contributed by atoms with E-state index < -0.39 is 11.8 Å². The van der Waals surface area contributed by atoms with Crippen LogP contribution in [0.1, 0.15) is 24.9 Å². The van der Waals surface area contributed by atoms with Gasteiger partial charge in [-0.05, 0) is 18.9 Å². The lowest BCUT2D eigenvalue weighted by atomic mass is 10.1. The second-order valence-electron chi connectivity index (χ2n) is 6.53. The maximum absolute atomic E-state index is 12.1. The van der Waals surface area contributed by atoms with Crippen LogP contribution in [0.15, 0.2) is 73.1 Å². The fourth-order valence-electron chi connectivity index (χ4n) is 2.96. The van der Waals surface area contributed by atoms with Gasteiger partial charge in [0.1, 0.15) is 5.82 Å². The third-order valence-electron chi connectivity index (χ3n) is 4.46. The predicted molar refractivity (Wildman–Crippen MR) is 108 cm³/mol. The van der Waals surface area contributed by atoms with Crippen LogP contribution in [0.25, 0.3) is 11.4 Å². The molecule has 3 aromatic rings. The Morgan fingerprint density at radius 3 is 2.39 bits per heavy atom. The molecule has 0 unspecified atom stereocenters. The highest BCUT2D eigenvalue weighted by molar-refractivity contribution is 6.35. The van der Waals surface area contributed by atoms with Crippen molar-refractivity contribution in [3.63, 3.8) is 0 Å². The van der Waals surface area contributed by atoms with Crippen LogP contribution in [0.4, 0.5) is 0 Å². The maximum atomic E-state index is 12.1. The first-order valence-electron chi connectivity index (χ1n) is 9.35. The Hall–Kier alpha value is -3.41. The minimum absolute atomic E-state index is 0.223. The van der Waals surface area contributed by atoms with E-state index in [0.29, 0.717) is 19.5 Å². The third-order valence-corrected chi connectivity index (χ3v) is 4.46. The zero-order valence-corrected chi connectivity index (χ0v) is 15.8. The molecule has 2 N–H and O–H groups in total. The summed E-state index contributed by atoms with van der Waals surface area (Å²) in [6, 6.07) is 19.3. The minimum Gasteiger partial charge on any atom is -0.348 e. The van der Waals surface area contributed by atoms with Crippen LogP contribution < -0.4 is 10.6 Å². The Labute approximate surface area is 164 Å². The first-order chi connectivity index (χ1) is 13.6. The van der Waals surface area contributed by atoms with E-state index in [4.69, 9.17) is 0 Å². The van der Waals surface area contributed by atoms with E-state index in [2.05, 4.69) is 15.6 Å². The van der Waals surface area contributed by atoms with Crippen LogP contribution in [0, 0.1) is 0 Å². The average Bonchev–Trinajstić information content (AvgIpc) is 3.20. The van der Waals surface area contributed by atoms with E-state index in [-0.39, 0.29) is 6.04 Å². The number of benzene rings is 2. The number of hydrogen-bond acceptors (Lipinski definition) is 3. The van der Waals surface area contributed by atoms with Crippen molar-refractivity contribution in [1.29, 1.82) is 0 Å². The standard InChI is InChI=1S/C22H24N4O2/c1-17(18-9-4-2-5-10-18)25-22(28)21(27)24-13-8-15-26-16-14-23-20(26)19-11-6-3-7-12-19/h2-7,9-12,14,16-17H,8,13,15H2,1H3,(H,24,27)(H,25,28)/t17-/m0/s1. The van der Waals surface area contributed by atoms with Crippen molar-refractivity contribution in [2.24, 2.45) is 0 Å². The summed E-state index contributed by atoms with van der Waals surface area (Å²) in [6.07, 6.45) is 4.38. The molecule has 0 aliphatic rings. The van der Waals surface area contributed by atoms with Crippen LogP contribution in [0.3, 0.4) is 0 Å². The lowest BCUT2D eigenvalue weighted by Gasteiger charge is -2.14. The van der Waals surface area contributed by atoms with Crippen LogP contribution >= 0.6 is 0 Å². The van der Waals surface area contributed by atoms with E-state index >= 15 is 0 Å². The highest BCUT2D eigenvalue weighted by Crippen LogP contribution is 2.16. The Bertz CT molecular complexity index is 907. The number of carbonyl (C=O) groups is 2. The van der Waals surface area contributed by atoms with E-state index in [0.717, 1.165) is 17.0 Å². The number of amides is 2. The minimum atomic E-state index is -0.621. The molecule has 28 heavy (non-hydrogen) atoms. The largest absolute Gasteiger partial charge is 0.348 e. The number of carbonyl (C=O) groups excluding carboxylic acids is 2. The zero-order chi connectivity index (χ0) is 19.8. The summed E-state index contributed by atoms with van der Waals surface area (Å²) in [7, 11) is 0. The van der Waals surface area contributed by atoms with Crippen LogP contribution in [0.2, 0.25) is 0 Å². The predicted octanol–water partition coefficient (Wildman–Crippen LogP) is 2.93. The first kappa shape index (κ1) is 19.4. The Kier molecular flexibility index (Phi) is 6.57. The molecule has 6 heteroatoms. The fraction of sp³-hybridized carbons (Fsp3) is 0.227. The number of nitrogens with one attached hydrogen (secondary N) is 2. The van der Waals surface area contributed by atoms with Gasteiger partial charge in [0, 0.05) is 31.0 Å². The molecule has 0 aliphatic carbocycles. The van der Waals surface area contributed by atoms with Gasteiger partial charge in [-0.2, -0.15) is 0 Å². The normalized spacial score (nSPS) is 11.6. The summed E-state index contributed by atoms with van der Waals surface area (Å²) in [4.78, 5) is 28.5. The van der Waals surface area contributed by atoms with Gasteiger partial charge in [0.2, 0.25) is 0 Å². The number of hydrogen-bond donors (Lipinski definition) is 2. The van der Waals surface area contributed by atoms with Crippen molar-refractivity contribution in [3.8, 4) is 11.4 Å². The molecular formula is C22H24N4O2. The topological polar surface area (TPSA) is 76.0 Å². The molecule has 2 aromatic carbocycles. The number of aromatic nitrogens is 2. The van der Waals surface area contributed by atoms with Crippen LogP contribution in [-0.4, -0.2) is 27.9 Å². The van der Waals surface area contributed by atoms with Crippen molar-refractivity contribution in [1.82, 2.24) is 20.2 Å². The van der Waals surface area contributed by atoms with Crippen LogP contribution in [-0.2, 0) is 16.1 Å². The summed E-state index contributed by atoms with van der Waals surface area (Å²) in [5, 5.41) is 5.39. The molecule has 3 rings (SSSR count). The van der Waals surface area contributed by atoms with E-state index in [9.17, 15) is 9.59 Å². The molecule has 0 saturated heterocycles. The fourth-order valence-corrected chi connectivity index (χ4v) is 2.96. The highest BCUT2D eigenvalue weighted by atomic mass is 16.2. The number of rotatable bonds is 7. The summed E-state index contributed by atoms with van der Waals surface area (Å²) in [5.74, 6) is -0.345. The molecule has 0 saturated carbocycles. The van der Waals surface area contributed by atoms with Gasteiger partial charge in [-0.25, -0.2) is 4.98 Å². The van der Waals surface area contributed by atoms with E-state index in [1.165, 1.54) is 0 Å². The van der Waals surface area contributed by atoms with Crippen LogP contribution in [0.5, 0.6) is 0 Å². The van der Waals surface area contributed by atoms with Gasteiger partial charge in [-0.1, -0.05) is 60.7 Å². The first-order valence-corrected chi connectivity index (χ1v) is 9.35. The molecule has 0 spiro atoms. The SMILES string of the molecule is C[C@H](NC(=O)C(=O)NCCCn1ccnc1-c1ccccc1)c1ccccc1. The molecule has 2 amide bonds. The number of aryl methyl sites for hydroxylation is 1. The van der Waals surface area contributed by atoms with Gasteiger partial charge < -0.3 is 15.2 Å². The second-order valence-corrected chi connectivity index (χ2v) is 6.53. The van der Waals surface area contributed by atoms with Gasteiger partial charge in [-0.15, -0.1) is 0 Å². The van der Waals surface area contributed by atoms with Gasteiger partial charge in [-0.3, -0.25) is 9.59 Å². The van der Waals surface area contributed by atoms with Crippen molar-refractivity contribution in [2.75, 3.05) is 6.54 Å². The Morgan fingerprint density at radius 2 is 1.68 bits per heavy atom. The van der Waals surface area contributed by atoms with Gasteiger partial charge >= 0.3 is 11.8 Å². The van der Waals surface area contributed by atoms with Gasteiger partial charge in [0.25, 0.3) is 0 Å².